The molecule has 0 spiro atoms. The van der Waals surface area contributed by atoms with Crippen molar-refractivity contribution < 1.29 is 4.42 Å². The monoisotopic (exact) mass is 172 g/mol. The topological polar surface area (TPSA) is 38.4 Å². The lowest BCUT2D eigenvalue weighted by Gasteiger charge is -1.88. The van der Waals surface area contributed by atoms with Gasteiger partial charge in [0.1, 0.15) is 5.76 Å². The quantitative estimate of drug-likeness (QED) is 0.652. The zero-order valence-electron chi connectivity index (χ0n) is 6.92. The molecule has 2 rings (SSSR count). The Bertz CT molecular complexity index is 379. The van der Waals surface area contributed by atoms with Gasteiger partial charge in [0.05, 0.1) is 18.2 Å². The number of nitrogens with zero attached hydrogens (tertiary/aromatic N) is 2. The summed E-state index contributed by atoms with van der Waals surface area (Å²) < 4.78 is 5.09. The van der Waals surface area contributed by atoms with Gasteiger partial charge in [-0.3, -0.25) is 9.98 Å². The molecule has 0 amide bonds. The number of rotatable bonds is 2. The van der Waals surface area contributed by atoms with Gasteiger partial charge in [0, 0.05) is 12.4 Å². The average molecular weight is 172 g/mol. The van der Waals surface area contributed by atoms with Crippen LogP contribution in [-0.2, 0) is 0 Å². The van der Waals surface area contributed by atoms with Crippen molar-refractivity contribution in [3.05, 3.63) is 48.7 Å². The molecule has 2 heterocycles. The second-order valence-corrected chi connectivity index (χ2v) is 2.48. The van der Waals surface area contributed by atoms with Crippen LogP contribution in [0.25, 0.3) is 0 Å². The highest BCUT2D eigenvalue weighted by molar-refractivity contribution is 5.78. The van der Waals surface area contributed by atoms with Crippen LogP contribution in [0.5, 0.6) is 0 Å². The molecular formula is C10H8N2O. The number of aliphatic imine (C=N–C) groups is 1. The first-order chi connectivity index (χ1) is 6.45. The standard InChI is InChI=1S/C10H8N2O/c1-2-10(13-7-1)8-12-9-3-5-11-6-4-9/h1-8H/b12-8+. The molecule has 0 saturated carbocycles. The minimum absolute atomic E-state index is 0.747. The van der Waals surface area contributed by atoms with Crippen molar-refractivity contribution in [2.24, 2.45) is 4.99 Å². The molecule has 0 aliphatic carbocycles. The lowest BCUT2D eigenvalue weighted by molar-refractivity contribution is 0.560. The van der Waals surface area contributed by atoms with E-state index in [0.29, 0.717) is 0 Å². The summed E-state index contributed by atoms with van der Waals surface area (Å²) in [6, 6.07) is 7.34. The molecule has 0 bridgehead atoms. The van der Waals surface area contributed by atoms with Gasteiger partial charge in [-0.05, 0) is 24.3 Å². The number of furan rings is 1. The van der Waals surface area contributed by atoms with E-state index >= 15 is 0 Å². The normalized spacial score (nSPS) is 10.8. The molecule has 0 atom stereocenters. The van der Waals surface area contributed by atoms with Gasteiger partial charge in [-0.2, -0.15) is 0 Å². The zero-order chi connectivity index (χ0) is 8.93. The molecule has 0 unspecified atom stereocenters. The molecule has 2 aromatic heterocycles. The Morgan fingerprint density at radius 2 is 2.08 bits per heavy atom. The van der Waals surface area contributed by atoms with E-state index in [4.69, 9.17) is 4.42 Å². The summed E-state index contributed by atoms with van der Waals surface area (Å²) in [5, 5.41) is 0. The minimum Gasteiger partial charge on any atom is -0.463 e. The van der Waals surface area contributed by atoms with Gasteiger partial charge in [0.2, 0.25) is 0 Å². The number of pyridine rings is 1. The lowest BCUT2D eigenvalue weighted by Crippen LogP contribution is -1.73. The Kier molecular flexibility index (Phi) is 2.18. The molecule has 64 valence electrons. The van der Waals surface area contributed by atoms with Gasteiger partial charge in [-0.15, -0.1) is 0 Å². The van der Waals surface area contributed by atoms with E-state index in [2.05, 4.69) is 9.98 Å². The third-order valence-electron chi connectivity index (χ3n) is 1.55. The average Bonchev–Trinajstić information content (AvgIpc) is 2.69. The van der Waals surface area contributed by atoms with Gasteiger partial charge in [0.25, 0.3) is 0 Å². The fourth-order valence-electron chi connectivity index (χ4n) is 0.933. The summed E-state index contributed by atoms with van der Waals surface area (Å²) in [5.41, 5.74) is 0.867. The van der Waals surface area contributed by atoms with E-state index in [1.54, 1.807) is 24.9 Å². The molecule has 0 fully saturated rings. The molecule has 0 saturated heterocycles. The van der Waals surface area contributed by atoms with Crippen molar-refractivity contribution in [2.75, 3.05) is 0 Å². The number of aromatic nitrogens is 1. The second kappa shape index (κ2) is 3.67. The summed E-state index contributed by atoms with van der Waals surface area (Å²) in [5.74, 6) is 0.747. The highest BCUT2D eigenvalue weighted by Gasteiger charge is 1.88. The fraction of sp³-hybridized carbons (Fsp3) is 0. The smallest absolute Gasteiger partial charge is 0.144 e. The van der Waals surface area contributed by atoms with E-state index in [9.17, 15) is 0 Å². The molecule has 13 heavy (non-hydrogen) atoms. The van der Waals surface area contributed by atoms with Crippen molar-refractivity contribution in [1.29, 1.82) is 0 Å². The summed E-state index contributed by atoms with van der Waals surface area (Å²) in [7, 11) is 0. The molecule has 2 aromatic rings. The highest BCUT2D eigenvalue weighted by atomic mass is 16.3. The van der Waals surface area contributed by atoms with Crippen LogP contribution in [0.15, 0.2) is 52.3 Å². The maximum Gasteiger partial charge on any atom is 0.144 e. The predicted molar refractivity (Wildman–Crippen MR) is 50.2 cm³/mol. The largest absolute Gasteiger partial charge is 0.463 e. The first-order valence-corrected chi connectivity index (χ1v) is 3.93. The Hall–Kier alpha value is -1.90. The van der Waals surface area contributed by atoms with Gasteiger partial charge in [-0.25, -0.2) is 0 Å². The van der Waals surface area contributed by atoms with Gasteiger partial charge < -0.3 is 4.42 Å². The number of hydrogen-bond acceptors (Lipinski definition) is 3. The molecule has 0 aromatic carbocycles. The Morgan fingerprint density at radius 3 is 2.77 bits per heavy atom. The first-order valence-electron chi connectivity index (χ1n) is 3.93. The van der Waals surface area contributed by atoms with Crippen LogP contribution in [0.1, 0.15) is 5.76 Å². The Balaban J connectivity index is 2.15. The van der Waals surface area contributed by atoms with Crippen LogP contribution in [0, 0.1) is 0 Å². The van der Waals surface area contributed by atoms with Crippen molar-refractivity contribution >= 4 is 11.9 Å². The summed E-state index contributed by atoms with van der Waals surface area (Å²) >= 11 is 0. The third kappa shape index (κ3) is 2.02. The fourth-order valence-corrected chi connectivity index (χ4v) is 0.933. The van der Waals surface area contributed by atoms with Crippen molar-refractivity contribution in [2.45, 2.75) is 0 Å². The minimum atomic E-state index is 0.747. The zero-order valence-corrected chi connectivity index (χ0v) is 6.92. The summed E-state index contributed by atoms with van der Waals surface area (Å²) in [6.45, 7) is 0. The van der Waals surface area contributed by atoms with E-state index in [1.807, 2.05) is 24.3 Å². The SMILES string of the molecule is C(=N\c1ccncc1)/c1ccco1. The molecule has 3 nitrogen and oxygen atoms in total. The Labute approximate surface area is 75.8 Å². The maximum atomic E-state index is 5.09. The van der Waals surface area contributed by atoms with Crippen LogP contribution in [0.3, 0.4) is 0 Å². The highest BCUT2D eigenvalue weighted by Crippen LogP contribution is 2.08. The van der Waals surface area contributed by atoms with Gasteiger partial charge in [-0.1, -0.05) is 0 Å². The second-order valence-electron chi connectivity index (χ2n) is 2.48. The van der Waals surface area contributed by atoms with Crippen LogP contribution < -0.4 is 0 Å². The third-order valence-corrected chi connectivity index (χ3v) is 1.55. The van der Waals surface area contributed by atoms with Crippen molar-refractivity contribution in [3.8, 4) is 0 Å². The van der Waals surface area contributed by atoms with Crippen LogP contribution >= 0.6 is 0 Å². The van der Waals surface area contributed by atoms with Crippen LogP contribution in [0.2, 0.25) is 0 Å². The molecule has 0 N–H and O–H groups in total. The van der Waals surface area contributed by atoms with E-state index in [0.717, 1.165) is 11.4 Å². The summed E-state index contributed by atoms with van der Waals surface area (Å²) in [6.07, 6.45) is 6.70. The van der Waals surface area contributed by atoms with Crippen molar-refractivity contribution in [1.82, 2.24) is 4.98 Å². The predicted octanol–water partition coefficient (Wildman–Crippen LogP) is 2.43. The van der Waals surface area contributed by atoms with E-state index < -0.39 is 0 Å². The number of hydrogen-bond donors (Lipinski definition) is 0. The molecular weight excluding hydrogens is 164 g/mol. The lowest BCUT2D eigenvalue weighted by atomic mass is 10.4. The van der Waals surface area contributed by atoms with Crippen LogP contribution in [-0.4, -0.2) is 11.2 Å². The van der Waals surface area contributed by atoms with Gasteiger partial charge >= 0.3 is 0 Å². The summed E-state index contributed by atoms with van der Waals surface area (Å²) in [4.78, 5) is 8.08. The van der Waals surface area contributed by atoms with E-state index in [-0.39, 0.29) is 0 Å². The Morgan fingerprint density at radius 1 is 1.23 bits per heavy atom. The maximum absolute atomic E-state index is 5.09. The molecule has 0 aliphatic heterocycles. The molecule has 0 aliphatic rings. The van der Waals surface area contributed by atoms with Gasteiger partial charge in [0.15, 0.2) is 0 Å². The van der Waals surface area contributed by atoms with E-state index in [1.165, 1.54) is 0 Å². The van der Waals surface area contributed by atoms with Crippen LogP contribution in [0.4, 0.5) is 5.69 Å². The first kappa shape index (κ1) is 7.73. The van der Waals surface area contributed by atoms with Crippen molar-refractivity contribution in [3.63, 3.8) is 0 Å². The molecule has 3 heteroatoms. The molecule has 0 radical (unpaired) electrons.